The highest BCUT2D eigenvalue weighted by molar-refractivity contribution is 7.91. The molecule has 6 aromatic carbocycles. The summed E-state index contributed by atoms with van der Waals surface area (Å²) < 4.78 is 103. The number of hydrogen-bond donors (Lipinski definition) is 5. The van der Waals surface area contributed by atoms with Gasteiger partial charge in [0.2, 0.25) is 5.78 Å². The zero-order valence-corrected chi connectivity index (χ0v) is 30.7. The maximum atomic E-state index is 13.4. The zero-order valence-electron chi connectivity index (χ0n) is 28.2. The second-order valence-electron chi connectivity index (χ2n) is 12.1. The molecule has 17 nitrogen and oxygen atoms in total. The molecule has 0 aromatic heterocycles. The summed E-state index contributed by atoms with van der Waals surface area (Å²) in [5, 5.41) is 22.0. The molecule has 56 heavy (non-hydrogen) atoms. The highest BCUT2D eigenvalue weighted by atomic mass is 32.2. The predicted molar refractivity (Wildman–Crippen MR) is 208 cm³/mol. The second-order valence-corrected chi connectivity index (χ2v) is 16.3. The first kappa shape index (κ1) is 37.8. The lowest BCUT2D eigenvalue weighted by atomic mass is 9.94. The Kier molecular flexibility index (Phi) is 9.62. The lowest BCUT2D eigenvalue weighted by molar-refractivity contribution is 0.106. The molecule has 0 atom stereocenters. The van der Waals surface area contributed by atoms with Gasteiger partial charge in [-0.05, 0) is 84.4 Å². The molecule has 7 rings (SSSR count). The number of azo groups is 2. The number of carbonyl (C=O) groups excluding carboxylic acids is 1. The van der Waals surface area contributed by atoms with Crippen LogP contribution in [0.15, 0.2) is 149 Å². The van der Waals surface area contributed by atoms with Gasteiger partial charge in [0.1, 0.15) is 4.91 Å². The van der Waals surface area contributed by atoms with Gasteiger partial charge in [-0.3, -0.25) is 23.9 Å². The molecule has 282 valence electrons. The van der Waals surface area contributed by atoms with Crippen molar-refractivity contribution >= 4 is 104 Å². The van der Waals surface area contributed by atoms with E-state index in [1.165, 1.54) is 60.7 Å². The third-order valence-electron chi connectivity index (χ3n) is 8.42. The van der Waals surface area contributed by atoms with Gasteiger partial charge in [0.25, 0.3) is 30.4 Å². The van der Waals surface area contributed by atoms with Gasteiger partial charge in [0.15, 0.2) is 5.71 Å². The monoisotopic (exact) mass is 811 g/mol. The smallest absolute Gasteiger partial charge is 0.296 e. The summed E-state index contributed by atoms with van der Waals surface area (Å²) in [6.45, 7) is 0. The molecule has 0 aliphatic heterocycles. The highest BCUT2D eigenvalue weighted by Gasteiger charge is 2.33. The molecule has 0 amide bonds. The molecule has 0 radical (unpaired) electrons. The van der Waals surface area contributed by atoms with Gasteiger partial charge in [-0.25, -0.2) is 0 Å². The summed E-state index contributed by atoms with van der Waals surface area (Å²) >= 11 is 0. The van der Waals surface area contributed by atoms with E-state index in [9.17, 15) is 43.7 Å². The summed E-state index contributed by atoms with van der Waals surface area (Å²) in [4.78, 5) is 11.7. The molecule has 1 aliphatic rings. The van der Waals surface area contributed by atoms with E-state index in [-0.39, 0.29) is 50.0 Å². The Balaban J connectivity index is 1.33. The number of allylic oxidation sites excluding steroid dienone is 1. The third-order valence-corrected chi connectivity index (χ3v) is 11.0. The van der Waals surface area contributed by atoms with Gasteiger partial charge in [0.05, 0.1) is 38.2 Å². The molecule has 0 bridgehead atoms. The summed E-state index contributed by atoms with van der Waals surface area (Å²) in [5.74, 6) is -0.866. The summed E-state index contributed by atoms with van der Waals surface area (Å²) in [6.07, 6.45) is 1.06. The van der Waals surface area contributed by atoms with Gasteiger partial charge in [-0.2, -0.15) is 35.5 Å². The van der Waals surface area contributed by atoms with E-state index in [1.54, 1.807) is 30.3 Å². The minimum Gasteiger partial charge on any atom is -0.399 e. The normalized spacial score (nSPS) is 14.5. The van der Waals surface area contributed by atoms with Crippen LogP contribution in [0.25, 0.3) is 27.6 Å². The van der Waals surface area contributed by atoms with Crippen LogP contribution in [0.2, 0.25) is 0 Å². The average molecular weight is 812 g/mol. The summed E-state index contributed by atoms with van der Waals surface area (Å²) in [5.41, 5.74) is 9.33. The first-order valence-electron chi connectivity index (χ1n) is 15.9. The third kappa shape index (κ3) is 7.68. The molecular formula is C36H25N7O10S3. The Bertz CT molecular complexity index is 3110. The van der Waals surface area contributed by atoms with Crippen molar-refractivity contribution in [2.24, 2.45) is 25.6 Å². The number of carbonyl (C=O) groups is 1. The molecule has 1 aliphatic carbocycles. The number of hydrazone groups is 1. The number of rotatable bonds is 9. The Morgan fingerprint density at radius 1 is 0.554 bits per heavy atom. The summed E-state index contributed by atoms with van der Waals surface area (Å²) in [6, 6.07) is 26.1. The van der Waals surface area contributed by atoms with Crippen LogP contribution >= 0.6 is 0 Å². The fraction of sp³-hybridized carbons (Fsp3) is 0. The molecule has 6 N–H and O–H groups in total. The highest BCUT2D eigenvalue weighted by Crippen LogP contribution is 2.39. The van der Waals surface area contributed by atoms with E-state index in [0.717, 1.165) is 18.2 Å². The Labute approximate surface area is 317 Å². The van der Waals surface area contributed by atoms with E-state index < -0.39 is 56.5 Å². The van der Waals surface area contributed by atoms with E-state index in [0.29, 0.717) is 16.8 Å². The van der Waals surface area contributed by atoms with Crippen LogP contribution in [0, 0.1) is 0 Å². The molecule has 20 heteroatoms. The molecule has 0 saturated carbocycles. The summed E-state index contributed by atoms with van der Waals surface area (Å²) in [7, 11) is -14.3. The number of nitrogen functional groups attached to an aromatic ring is 1. The maximum absolute atomic E-state index is 13.4. The van der Waals surface area contributed by atoms with Crippen molar-refractivity contribution in [3.05, 3.63) is 125 Å². The fourth-order valence-electron chi connectivity index (χ4n) is 5.77. The first-order chi connectivity index (χ1) is 26.5. The van der Waals surface area contributed by atoms with Crippen molar-refractivity contribution in [2.45, 2.75) is 9.79 Å². The number of ketones is 1. The number of nitrogens with two attached hydrogens (primary N) is 1. The standard InChI is InChI=1S/C36H25N7O10S3/c37-21-7-6-20-16-34(56(51,52)53)35(36(44)27(20)17-21)43-42-31-13-15-33(29-19-24(55(48,49)50)9-11-26(29)31)41-40-32-14-12-30(39-38-22-4-2-1-3-5-22)25-10-8-23(18-28(25)32)54(45,46)47/h1-19,42H,37H2,(H,45,46,47)(H,48,49,50)(H,51,52,53)/b39-38?,41-40?,43-35+. The Morgan fingerprint density at radius 2 is 1.11 bits per heavy atom. The molecule has 0 heterocycles. The van der Waals surface area contributed by atoms with Gasteiger partial charge >= 0.3 is 0 Å². The van der Waals surface area contributed by atoms with Crippen LogP contribution in [-0.4, -0.2) is 50.4 Å². The Hall–Kier alpha value is -6.55. The van der Waals surface area contributed by atoms with Gasteiger partial charge in [-0.15, -0.1) is 15.3 Å². The molecule has 0 fully saturated rings. The topological polar surface area (TPSA) is 280 Å². The SMILES string of the molecule is Nc1ccc2c(c1)C(=O)/C(=N/Nc1ccc(N=Nc3ccc(N=Nc4ccccc4)c4ccc(S(=O)(=O)O)cc34)c3cc(S(=O)(=O)O)ccc13)C(S(=O)(=O)O)=C2. The van der Waals surface area contributed by atoms with Crippen molar-refractivity contribution in [1.29, 1.82) is 0 Å². The van der Waals surface area contributed by atoms with Crippen molar-refractivity contribution < 1.29 is 43.7 Å². The molecule has 0 saturated heterocycles. The number of anilines is 2. The van der Waals surface area contributed by atoms with Crippen LogP contribution in [0.4, 0.5) is 34.1 Å². The van der Waals surface area contributed by atoms with Crippen molar-refractivity contribution in [2.75, 3.05) is 11.2 Å². The first-order valence-corrected chi connectivity index (χ1v) is 20.2. The van der Waals surface area contributed by atoms with Crippen LogP contribution in [0.1, 0.15) is 15.9 Å². The lowest BCUT2D eigenvalue weighted by Crippen LogP contribution is -2.27. The number of fused-ring (bicyclic) bond motifs is 3. The van der Waals surface area contributed by atoms with E-state index >= 15 is 0 Å². The second kappa shape index (κ2) is 14.3. The number of nitrogens with zero attached hydrogens (tertiary/aromatic N) is 5. The van der Waals surface area contributed by atoms with Crippen molar-refractivity contribution in [3.8, 4) is 0 Å². The fourth-order valence-corrected chi connectivity index (χ4v) is 7.44. The molecule has 0 spiro atoms. The largest absolute Gasteiger partial charge is 0.399 e. The minimum absolute atomic E-state index is 0.0277. The molecule has 6 aromatic rings. The maximum Gasteiger partial charge on any atom is 0.296 e. The molecular weight excluding hydrogens is 787 g/mol. The lowest BCUT2D eigenvalue weighted by Gasteiger charge is -2.17. The number of nitrogens with one attached hydrogen (secondary N) is 1. The Morgan fingerprint density at radius 3 is 1.71 bits per heavy atom. The minimum atomic E-state index is -4.96. The van der Waals surface area contributed by atoms with E-state index in [1.807, 2.05) is 6.07 Å². The van der Waals surface area contributed by atoms with Gasteiger partial charge in [0, 0.05) is 32.8 Å². The van der Waals surface area contributed by atoms with E-state index in [4.69, 9.17) is 5.73 Å². The van der Waals surface area contributed by atoms with Gasteiger partial charge < -0.3 is 5.73 Å². The number of benzene rings is 6. The quantitative estimate of drug-likeness (QED) is 0.0405. The van der Waals surface area contributed by atoms with Crippen LogP contribution in [-0.2, 0) is 30.4 Å². The number of hydrogen-bond acceptors (Lipinski definition) is 14. The zero-order chi connectivity index (χ0) is 40.0. The van der Waals surface area contributed by atoms with Gasteiger partial charge in [-0.1, -0.05) is 36.4 Å². The predicted octanol–water partition coefficient (Wildman–Crippen LogP) is 7.79. The molecule has 0 unspecified atom stereocenters. The van der Waals surface area contributed by atoms with Crippen molar-refractivity contribution in [1.82, 2.24) is 0 Å². The van der Waals surface area contributed by atoms with Crippen LogP contribution in [0.5, 0.6) is 0 Å². The van der Waals surface area contributed by atoms with E-state index in [2.05, 4.69) is 31.0 Å². The number of Topliss-reactive ketones (excluding diaryl/α,β-unsaturated/α-hetero) is 1. The van der Waals surface area contributed by atoms with Crippen LogP contribution < -0.4 is 11.2 Å². The van der Waals surface area contributed by atoms with Crippen LogP contribution in [0.3, 0.4) is 0 Å². The van der Waals surface area contributed by atoms with Crippen molar-refractivity contribution in [3.63, 3.8) is 0 Å². The average Bonchev–Trinajstić information content (AvgIpc) is 3.15.